The number of likely N-dealkylation sites (tertiary alicyclic amines) is 1. The molecule has 0 aliphatic carbocycles. The number of carbonyl (C=O) groups excluding carboxylic acids is 1. The van der Waals surface area contributed by atoms with Gasteiger partial charge < -0.3 is 15.0 Å². The number of nitrogens with zero attached hydrogens (tertiary/aromatic N) is 1. The van der Waals surface area contributed by atoms with E-state index in [4.69, 9.17) is 4.74 Å². The van der Waals surface area contributed by atoms with Crippen LogP contribution in [0.3, 0.4) is 0 Å². The molecule has 1 aromatic carbocycles. The molecule has 0 spiro atoms. The van der Waals surface area contributed by atoms with E-state index in [9.17, 15) is 4.79 Å². The molecule has 2 atom stereocenters. The minimum atomic E-state index is -0.436. The van der Waals surface area contributed by atoms with Crippen LogP contribution in [0, 0.1) is 0 Å². The first-order chi connectivity index (χ1) is 9.94. The van der Waals surface area contributed by atoms with Crippen LogP contribution in [0.15, 0.2) is 24.3 Å². The van der Waals surface area contributed by atoms with Crippen molar-refractivity contribution in [1.82, 2.24) is 4.90 Å². The Bertz CT molecular complexity index is 536. The molecule has 4 heteroatoms. The lowest BCUT2D eigenvalue weighted by molar-refractivity contribution is 0.0249. The highest BCUT2D eigenvalue weighted by molar-refractivity contribution is 5.69. The molecular weight excluding hydrogens is 264 g/mol. The standard InChI is InChI=1S/C17H24N2O2/c1-17(2,3)21-16(20)19-10-6-9-15-13(11-19)12-7-4-5-8-14(12)18-15/h4-5,7-8,13,15,18H,6,9-11H2,1-3H3/t13-,15+/m1/s1. The van der Waals surface area contributed by atoms with E-state index in [2.05, 4.69) is 29.6 Å². The Morgan fingerprint density at radius 2 is 2.10 bits per heavy atom. The molecule has 2 aliphatic heterocycles. The smallest absolute Gasteiger partial charge is 0.410 e. The summed E-state index contributed by atoms with van der Waals surface area (Å²) in [7, 11) is 0. The van der Waals surface area contributed by atoms with Gasteiger partial charge in [-0.3, -0.25) is 0 Å². The van der Waals surface area contributed by atoms with Crippen molar-refractivity contribution in [1.29, 1.82) is 0 Å². The molecule has 2 aliphatic rings. The first-order valence-electron chi connectivity index (χ1n) is 7.77. The van der Waals surface area contributed by atoms with Crippen molar-refractivity contribution >= 4 is 11.8 Å². The number of rotatable bonds is 0. The Kier molecular flexibility index (Phi) is 3.56. The van der Waals surface area contributed by atoms with Crippen molar-refractivity contribution in [2.75, 3.05) is 18.4 Å². The van der Waals surface area contributed by atoms with Crippen LogP contribution in [0.1, 0.15) is 45.1 Å². The molecule has 2 heterocycles. The number of carbonyl (C=O) groups is 1. The van der Waals surface area contributed by atoms with Crippen molar-refractivity contribution in [3.63, 3.8) is 0 Å². The maximum atomic E-state index is 12.4. The van der Waals surface area contributed by atoms with Crippen molar-refractivity contribution < 1.29 is 9.53 Å². The molecule has 114 valence electrons. The van der Waals surface area contributed by atoms with Gasteiger partial charge in [0.2, 0.25) is 0 Å². The summed E-state index contributed by atoms with van der Waals surface area (Å²) in [5.74, 6) is 0.371. The number of amides is 1. The Labute approximate surface area is 126 Å². The van der Waals surface area contributed by atoms with Crippen LogP contribution in [0.25, 0.3) is 0 Å². The quantitative estimate of drug-likeness (QED) is 0.793. The van der Waals surface area contributed by atoms with Crippen LogP contribution in [0.2, 0.25) is 0 Å². The Morgan fingerprint density at radius 3 is 2.86 bits per heavy atom. The predicted molar refractivity (Wildman–Crippen MR) is 83.6 cm³/mol. The molecule has 0 saturated carbocycles. The molecule has 1 amide bonds. The fraction of sp³-hybridized carbons (Fsp3) is 0.588. The summed E-state index contributed by atoms with van der Waals surface area (Å²) in [5, 5.41) is 3.61. The van der Waals surface area contributed by atoms with Crippen LogP contribution in [0.4, 0.5) is 10.5 Å². The first-order valence-corrected chi connectivity index (χ1v) is 7.77. The van der Waals surface area contributed by atoms with Crippen molar-refractivity contribution in [2.45, 2.75) is 51.2 Å². The molecule has 21 heavy (non-hydrogen) atoms. The highest BCUT2D eigenvalue weighted by atomic mass is 16.6. The largest absolute Gasteiger partial charge is 0.444 e. The summed E-state index contributed by atoms with van der Waals surface area (Å²) in [5.41, 5.74) is 2.12. The van der Waals surface area contributed by atoms with Gasteiger partial charge in [-0.15, -0.1) is 0 Å². The number of fused-ring (bicyclic) bond motifs is 3. The molecule has 0 unspecified atom stereocenters. The fourth-order valence-electron chi connectivity index (χ4n) is 3.29. The normalized spacial score (nSPS) is 24.6. The maximum absolute atomic E-state index is 12.4. The van der Waals surface area contributed by atoms with E-state index in [1.807, 2.05) is 25.7 Å². The zero-order valence-electron chi connectivity index (χ0n) is 13.1. The Morgan fingerprint density at radius 1 is 1.33 bits per heavy atom. The van der Waals surface area contributed by atoms with Gasteiger partial charge in [0.05, 0.1) is 0 Å². The molecule has 1 N–H and O–H groups in total. The molecular formula is C17H24N2O2. The minimum Gasteiger partial charge on any atom is -0.444 e. The van der Waals surface area contributed by atoms with E-state index >= 15 is 0 Å². The number of nitrogens with one attached hydrogen (secondary N) is 1. The molecule has 4 nitrogen and oxygen atoms in total. The second-order valence-electron chi connectivity index (χ2n) is 7.01. The van der Waals surface area contributed by atoms with Gasteiger partial charge in [-0.1, -0.05) is 18.2 Å². The summed E-state index contributed by atoms with van der Waals surface area (Å²) in [6, 6.07) is 8.87. The van der Waals surface area contributed by atoms with E-state index in [1.54, 1.807) is 0 Å². The molecule has 1 fully saturated rings. The van der Waals surface area contributed by atoms with E-state index in [0.717, 1.165) is 25.9 Å². The van der Waals surface area contributed by atoms with Crippen molar-refractivity contribution in [3.05, 3.63) is 29.8 Å². The molecule has 0 bridgehead atoms. The molecule has 0 radical (unpaired) electrons. The highest BCUT2D eigenvalue weighted by Gasteiger charge is 2.37. The summed E-state index contributed by atoms with van der Waals surface area (Å²) < 4.78 is 5.54. The van der Waals surface area contributed by atoms with E-state index in [0.29, 0.717) is 12.0 Å². The lowest BCUT2D eigenvalue weighted by atomic mass is 9.93. The number of hydrogen-bond acceptors (Lipinski definition) is 3. The van der Waals surface area contributed by atoms with Crippen LogP contribution in [-0.4, -0.2) is 35.7 Å². The number of anilines is 1. The number of para-hydroxylation sites is 1. The lowest BCUT2D eigenvalue weighted by Crippen LogP contribution is -2.39. The molecule has 1 aromatic rings. The van der Waals surface area contributed by atoms with Crippen LogP contribution >= 0.6 is 0 Å². The van der Waals surface area contributed by atoms with Crippen molar-refractivity contribution in [3.8, 4) is 0 Å². The summed E-state index contributed by atoms with van der Waals surface area (Å²) in [4.78, 5) is 14.2. The minimum absolute atomic E-state index is 0.187. The van der Waals surface area contributed by atoms with E-state index in [-0.39, 0.29) is 6.09 Å². The third-order valence-electron chi connectivity index (χ3n) is 4.20. The monoisotopic (exact) mass is 288 g/mol. The van der Waals surface area contributed by atoms with E-state index < -0.39 is 5.60 Å². The summed E-state index contributed by atoms with van der Waals surface area (Å²) in [6.45, 7) is 7.27. The molecule has 0 aromatic heterocycles. The SMILES string of the molecule is CC(C)(C)OC(=O)N1CCC[C@@H]2Nc3ccccc3[C@H]2C1. The number of ether oxygens (including phenoxy) is 1. The summed E-state index contributed by atoms with van der Waals surface area (Å²) in [6.07, 6.45) is 1.92. The number of benzene rings is 1. The lowest BCUT2D eigenvalue weighted by Gasteiger charge is -2.28. The maximum Gasteiger partial charge on any atom is 0.410 e. The zero-order valence-corrected chi connectivity index (χ0v) is 13.1. The van der Waals surface area contributed by atoms with Crippen LogP contribution in [-0.2, 0) is 4.74 Å². The van der Waals surface area contributed by atoms with Gasteiger partial charge in [-0.25, -0.2) is 4.79 Å². The summed E-state index contributed by atoms with van der Waals surface area (Å²) >= 11 is 0. The van der Waals surface area contributed by atoms with Gasteiger partial charge in [0.25, 0.3) is 0 Å². The third-order valence-corrected chi connectivity index (χ3v) is 4.20. The Hall–Kier alpha value is -1.71. The topological polar surface area (TPSA) is 41.6 Å². The fourth-order valence-corrected chi connectivity index (χ4v) is 3.29. The zero-order chi connectivity index (χ0) is 15.0. The number of hydrogen-bond donors (Lipinski definition) is 1. The van der Waals surface area contributed by atoms with E-state index in [1.165, 1.54) is 11.3 Å². The van der Waals surface area contributed by atoms with Gasteiger partial charge >= 0.3 is 6.09 Å². The van der Waals surface area contributed by atoms with Gasteiger partial charge in [0, 0.05) is 30.7 Å². The average Bonchev–Trinajstić information content (AvgIpc) is 2.60. The average molecular weight is 288 g/mol. The van der Waals surface area contributed by atoms with Crippen LogP contribution in [0.5, 0.6) is 0 Å². The molecule has 1 saturated heterocycles. The highest BCUT2D eigenvalue weighted by Crippen LogP contribution is 2.39. The van der Waals surface area contributed by atoms with Gasteiger partial charge in [0.1, 0.15) is 5.60 Å². The first kappa shape index (κ1) is 14.2. The second-order valence-corrected chi connectivity index (χ2v) is 7.01. The van der Waals surface area contributed by atoms with Gasteiger partial charge in [-0.2, -0.15) is 0 Å². The van der Waals surface area contributed by atoms with Gasteiger partial charge in [-0.05, 0) is 45.2 Å². The predicted octanol–water partition coefficient (Wildman–Crippen LogP) is 3.60. The molecule has 3 rings (SSSR count). The van der Waals surface area contributed by atoms with Crippen LogP contribution < -0.4 is 5.32 Å². The van der Waals surface area contributed by atoms with Gasteiger partial charge in [0.15, 0.2) is 0 Å². The Balaban J connectivity index is 1.77. The third kappa shape index (κ3) is 2.99. The van der Waals surface area contributed by atoms with Crippen molar-refractivity contribution in [2.24, 2.45) is 0 Å². The second kappa shape index (κ2) is 5.24.